The molecule has 0 atom stereocenters. The van der Waals surface area contributed by atoms with E-state index in [4.69, 9.17) is 9.47 Å². The minimum atomic E-state index is -1.01. The van der Waals surface area contributed by atoms with Gasteiger partial charge in [-0.15, -0.1) is 0 Å². The molecule has 0 aromatic heterocycles. The van der Waals surface area contributed by atoms with Gasteiger partial charge in [0.1, 0.15) is 0 Å². The third kappa shape index (κ3) is 3.94. The molecule has 1 aromatic carbocycles. The molecule has 0 saturated heterocycles. The first-order chi connectivity index (χ1) is 12.1. The fourth-order valence-corrected chi connectivity index (χ4v) is 4.06. The molecule has 2 N–H and O–H groups in total. The standard InChI is InChI=1S/C20H25NO4.H2O/c1-24-17-7-6-15(12-18(17)25-16-4-2-3-5-16)20(13-21)10-8-14(9-11-20)19(22)23;/h6-7,12,14,16H,2-5,8-11H2,1H3,(H,22,23);1H2/p-1. The number of aliphatic carboxylic acids is 1. The van der Waals surface area contributed by atoms with E-state index in [0.717, 1.165) is 18.4 Å². The Morgan fingerprint density at radius 2 is 1.85 bits per heavy atom. The topological polar surface area (TPSA) is 114 Å². The highest BCUT2D eigenvalue weighted by atomic mass is 16.5. The van der Waals surface area contributed by atoms with E-state index in [1.54, 1.807) is 7.11 Å². The molecule has 0 heterocycles. The minimum absolute atomic E-state index is 0. The monoisotopic (exact) mass is 360 g/mol. The van der Waals surface area contributed by atoms with Crippen LogP contribution >= 0.6 is 0 Å². The van der Waals surface area contributed by atoms with Crippen LogP contribution in [0.25, 0.3) is 0 Å². The zero-order valence-electron chi connectivity index (χ0n) is 15.1. The Labute approximate surface area is 154 Å². The lowest BCUT2D eigenvalue weighted by atomic mass is 9.67. The number of nitrogens with zero attached hydrogens (tertiary/aromatic N) is 1. The lowest BCUT2D eigenvalue weighted by Crippen LogP contribution is -2.38. The Morgan fingerprint density at radius 3 is 2.38 bits per heavy atom. The molecule has 2 fully saturated rings. The number of carbonyl (C=O) groups is 1. The predicted octanol–water partition coefficient (Wildman–Crippen LogP) is 1.89. The number of nitriles is 1. The van der Waals surface area contributed by atoms with Crippen LogP contribution in [0.15, 0.2) is 18.2 Å². The van der Waals surface area contributed by atoms with Crippen molar-refractivity contribution in [2.75, 3.05) is 7.11 Å². The molecule has 2 saturated carbocycles. The third-order valence-electron chi connectivity index (χ3n) is 5.70. The summed E-state index contributed by atoms with van der Waals surface area (Å²) < 4.78 is 11.6. The summed E-state index contributed by atoms with van der Waals surface area (Å²) in [6.45, 7) is 0. The first-order valence-electron chi connectivity index (χ1n) is 9.05. The number of ether oxygens (including phenoxy) is 2. The van der Waals surface area contributed by atoms with Crippen molar-refractivity contribution in [2.45, 2.75) is 62.9 Å². The van der Waals surface area contributed by atoms with Crippen LogP contribution in [-0.2, 0) is 10.2 Å². The predicted molar refractivity (Wildman–Crippen MR) is 93.7 cm³/mol. The molecule has 0 amide bonds. The summed E-state index contributed by atoms with van der Waals surface area (Å²) in [5.74, 6) is -0.101. The van der Waals surface area contributed by atoms with Gasteiger partial charge in [-0.25, -0.2) is 0 Å². The smallest absolute Gasteiger partial charge is 0.161 e. The Bertz CT molecular complexity index is 667. The second-order valence-corrected chi connectivity index (χ2v) is 7.18. The molecule has 0 bridgehead atoms. The summed E-state index contributed by atoms with van der Waals surface area (Å²) in [6.07, 6.45) is 6.65. The first kappa shape index (κ1) is 20.1. The largest absolute Gasteiger partial charge is 0.550 e. The van der Waals surface area contributed by atoms with E-state index in [2.05, 4.69) is 6.07 Å². The van der Waals surface area contributed by atoms with E-state index in [1.165, 1.54) is 12.8 Å². The number of carboxylic acid groups (broad SMARTS) is 1. The maximum Gasteiger partial charge on any atom is 0.161 e. The molecular formula is C20H26NO5-. The Kier molecular flexibility index (Phi) is 6.49. The molecule has 6 heteroatoms. The average Bonchev–Trinajstić information content (AvgIpc) is 3.14. The van der Waals surface area contributed by atoms with Gasteiger partial charge in [0.2, 0.25) is 0 Å². The summed E-state index contributed by atoms with van der Waals surface area (Å²) in [7, 11) is 1.61. The number of hydrogen-bond donors (Lipinski definition) is 0. The van der Waals surface area contributed by atoms with Crippen molar-refractivity contribution in [1.82, 2.24) is 0 Å². The fourth-order valence-electron chi connectivity index (χ4n) is 4.06. The van der Waals surface area contributed by atoms with E-state index in [9.17, 15) is 15.2 Å². The molecule has 3 rings (SSSR count). The zero-order chi connectivity index (χ0) is 17.9. The van der Waals surface area contributed by atoms with E-state index in [1.807, 2.05) is 18.2 Å². The fraction of sp³-hybridized carbons (Fsp3) is 0.600. The molecule has 0 spiro atoms. The number of rotatable bonds is 5. The van der Waals surface area contributed by atoms with Crippen LogP contribution in [0, 0.1) is 17.2 Å². The van der Waals surface area contributed by atoms with Crippen LogP contribution in [0.1, 0.15) is 56.9 Å². The van der Waals surface area contributed by atoms with Crippen molar-refractivity contribution in [1.29, 1.82) is 5.26 Å². The van der Waals surface area contributed by atoms with Gasteiger partial charge in [0.25, 0.3) is 0 Å². The van der Waals surface area contributed by atoms with Gasteiger partial charge in [-0.2, -0.15) is 5.26 Å². The zero-order valence-corrected chi connectivity index (χ0v) is 15.1. The van der Waals surface area contributed by atoms with E-state index < -0.39 is 17.3 Å². The van der Waals surface area contributed by atoms with Gasteiger partial charge in [0, 0.05) is 5.97 Å². The van der Waals surface area contributed by atoms with Crippen molar-refractivity contribution in [3.8, 4) is 17.6 Å². The van der Waals surface area contributed by atoms with Crippen LogP contribution in [0.4, 0.5) is 0 Å². The second kappa shape index (κ2) is 8.41. The van der Waals surface area contributed by atoms with Gasteiger partial charge in [-0.3, -0.25) is 0 Å². The normalized spacial score (nSPS) is 25.8. The number of carboxylic acids is 1. The summed E-state index contributed by atoms with van der Waals surface area (Å²) in [6, 6.07) is 8.11. The van der Waals surface area contributed by atoms with Gasteiger partial charge in [0.15, 0.2) is 11.5 Å². The average molecular weight is 360 g/mol. The van der Waals surface area contributed by atoms with E-state index in [0.29, 0.717) is 37.2 Å². The molecule has 1 aromatic rings. The van der Waals surface area contributed by atoms with Crippen molar-refractivity contribution >= 4 is 5.97 Å². The van der Waals surface area contributed by atoms with Crippen LogP contribution in [0.2, 0.25) is 0 Å². The van der Waals surface area contributed by atoms with Gasteiger partial charge in [0.05, 0.1) is 24.7 Å². The lowest BCUT2D eigenvalue weighted by Gasteiger charge is -2.36. The van der Waals surface area contributed by atoms with Crippen molar-refractivity contribution in [2.24, 2.45) is 5.92 Å². The van der Waals surface area contributed by atoms with Crippen molar-refractivity contribution in [3.05, 3.63) is 23.8 Å². The number of carbonyl (C=O) groups excluding carboxylic acids is 1. The highest BCUT2D eigenvalue weighted by molar-refractivity contribution is 5.68. The minimum Gasteiger partial charge on any atom is -0.550 e. The summed E-state index contributed by atoms with van der Waals surface area (Å²) >= 11 is 0. The van der Waals surface area contributed by atoms with Gasteiger partial charge < -0.3 is 24.9 Å². The van der Waals surface area contributed by atoms with Gasteiger partial charge in [-0.05, 0) is 75.0 Å². The Balaban J connectivity index is 0.00000243. The van der Waals surface area contributed by atoms with Crippen molar-refractivity contribution < 1.29 is 24.9 Å². The molecule has 2 aliphatic carbocycles. The molecule has 6 nitrogen and oxygen atoms in total. The number of hydrogen-bond acceptors (Lipinski definition) is 5. The van der Waals surface area contributed by atoms with Crippen LogP contribution < -0.4 is 14.6 Å². The lowest BCUT2D eigenvalue weighted by molar-refractivity contribution is -0.312. The molecule has 0 radical (unpaired) electrons. The van der Waals surface area contributed by atoms with Gasteiger partial charge >= 0.3 is 0 Å². The molecule has 142 valence electrons. The highest BCUT2D eigenvalue weighted by Gasteiger charge is 2.38. The summed E-state index contributed by atoms with van der Waals surface area (Å²) in [5, 5.41) is 20.9. The van der Waals surface area contributed by atoms with Crippen molar-refractivity contribution in [3.63, 3.8) is 0 Å². The molecular weight excluding hydrogens is 334 g/mol. The third-order valence-corrected chi connectivity index (χ3v) is 5.70. The number of benzene rings is 1. The van der Waals surface area contributed by atoms with Crippen LogP contribution in [0.3, 0.4) is 0 Å². The molecule has 26 heavy (non-hydrogen) atoms. The highest BCUT2D eigenvalue weighted by Crippen LogP contribution is 2.44. The Hall–Kier alpha value is -2.26. The summed E-state index contributed by atoms with van der Waals surface area (Å²) in [4.78, 5) is 11.1. The van der Waals surface area contributed by atoms with Crippen LogP contribution in [-0.4, -0.2) is 24.7 Å². The summed E-state index contributed by atoms with van der Waals surface area (Å²) in [5.41, 5.74) is 0.229. The maximum atomic E-state index is 11.1. The number of methoxy groups -OCH3 is 1. The molecule has 2 aliphatic rings. The maximum absolute atomic E-state index is 11.1. The second-order valence-electron chi connectivity index (χ2n) is 7.18. The molecule has 0 aliphatic heterocycles. The van der Waals surface area contributed by atoms with Crippen LogP contribution in [0.5, 0.6) is 11.5 Å². The van der Waals surface area contributed by atoms with Gasteiger partial charge in [-0.1, -0.05) is 6.07 Å². The quantitative estimate of drug-likeness (QED) is 0.795. The Morgan fingerprint density at radius 1 is 1.19 bits per heavy atom. The molecule has 0 unspecified atom stereocenters. The SMILES string of the molecule is COc1ccc(C2(C#N)CCC(C(=O)[O-])CC2)cc1OC1CCCC1.O. The van der Waals surface area contributed by atoms with E-state index in [-0.39, 0.29) is 11.6 Å². The first-order valence-corrected chi connectivity index (χ1v) is 9.05. The van der Waals surface area contributed by atoms with E-state index >= 15 is 0 Å².